The van der Waals surface area contributed by atoms with E-state index in [4.69, 9.17) is 5.73 Å². The third kappa shape index (κ3) is 4.43. The van der Waals surface area contributed by atoms with Crippen molar-refractivity contribution in [3.05, 3.63) is 66.2 Å². The molecule has 2 aromatic rings. The van der Waals surface area contributed by atoms with Crippen molar-refractivity contribution >= 4 is 23.0 Å². The minimum Gasteiger partial charge on any atom is -0.397 e. The summed E-state index contributed by atoms with van der Waals surface area (Å²) in [7, 11) is 1.85. The van der Waals surface area contributed by atoms with Crippen LogP contribution in [0.4, 0.5) is 17.1 Å². The molecular weight excluding hydrogens is 274 g/mol. The number of hydrogen-bond donors (Lipinski definition) is 3. The Balaban J connectivity index is 1.96. The second-order valence-corrected chi connectivity index (χ2v) is 4.51. The highest BCUT2D eigenvalue weighted by Gasteiger charge is 1.99. The van der Waals surface area contributed by atoms with Gasteiger partial charge in [-0.1, -0.05) is 30.0 Å². The molecule has 22 heavy (non-hydrogen) atoms. The highest BCUT2D eigenvalue weighted by molar-refractivity contribution is 6.01. The largest absolute Gasteiger partial charge is 0.397 e. The van der Waals surface area contributed by atoms with Crippen molar-refractivity contribution in [2.45, 2.75) is 0 Å². The maximum atomic E-state index is 11.7. The van der Waals surface area contributed by atoms with Gasteiger partial charge in [0.15, 0.2) is 0 Å². The molecule has 0 aliphatic carbocycles. The van der Waals surface area contributed by atoms with Gasteiger partial charge in [-0.3, -0.25) is 4.79 Å². The first-order chi connectivity index (χ1) is 10.7. The summed E-state index contributed by atoms with van der Waals surface area (Å²) >= 11 is 0. The van der Waals surface area contributed by atoms with Gasteiger partial charge in [-0.25, -0.2) is 0 Å². The number of nitrogens with one attached hydrogen (secondary N) is 2. The van der Waals surface area contributed by atoms with Gasteiger partial charge in [0.1, 0.15) is 0 Å². The van der Waals surface area contributed by atoms with E-state index in [2.05, 4.69) is 22.5 Å². The van der Waals surface area contributed by atoms with Gasteiger partial charge < -0.3 is 16.4 Å². The van der Waals surface area contributed by atoms with Crippen molar-refractivity contribution in [3.8, 4) is 11.8 Å². The lowest BCUT2D eigenvalue weighted by Gasteiger charge is -2.04. The lowest BCUT2D eigenvalue weighted by atomic mass is 10.2. The molecule has 0 heterocycles. The maximum Gasteiger partial charge on any atom is 0.249 e. The third-order valence-corrected chi connectivity index (χ3v) is 2.90. The number of para-hydroxylation sites is 2. The molecule has 0 bridgehead atoms. The summed E-state index contributed by atoms with van der Waals surface area (Å²) in [5.41, 5.74) is 8.74. The molecule has 0 atom stereocenters. The summed E-state index contributed by atoms with van der Waals surface area (Å²) in [6.07, 6.45) is 2.89. The number of rotatable bonds is 3. The molecule has 1 amide bonds. The van der Waals surface area contributed by atoms with E-state index < -0.39 is 0 Å². The van der Waals surface area contributed by atoms with Crippen LogP contribution < -0.4 is 16.4 Å². The van der Waals surface area contributed by atoms with Gasteiger partial charge >= 0.3 is 0 Å². The van der Waals surface area contributed by atoms with Crippen LogP contribution in [-0.2, 0) is 4.79 Å². The van der Waals surface area contributed by atoms with Gasteiger partial charge in [-0.05, 0) is 36.4 Å². The van der Waals surface area contributed by atoms with Crippen LogP contribution in [0.1, 0.15) is 5.56 Å². The van der Waals surface area contributed by atoms with Crippen molar-refractivity contribution in [1.29, 1.82) is 0 Å². The molecule has 0 aromatic heterocycles. The SMILES string of the molecule is CNc1cccc(C#C/C=C/C(=O)Nc2ccccc2N)c1. The van der Waals surface area contributed by atoms with Crippen LogP contribution in [0.5, 0.6) is 0 Å². The van der Waals surface area contributed by atoms with Crippen LogP contribution in [0.25, 0.3) is 0 Å². The molecule has 4 N–H and O–H groups in total. The highest BCUT2D eigenvalue weighted by atomic mass is 16.1. The fourth-order valence-corrected chi connectivity index (χ4v) is 1.78. The molecule has 110 valence electrons. The van der Waals surface area contributed by atoms with Gasteiger partial charge in [0.25, 0.3) is 0 Å². The van der Waals surface area contributed by atoms with E-state index >= 15 is 0 Å². The standard InChI is InChI=1S/C18H17N3O/c1-20-15-9-6-8-14(13-15)7-2-5-12-18(22)21-17-11-4-3-10-16(17)19/h3-6,8-13,20H,19H2,1H3,(H,21,22)/b12-5+. The van der Waals surface area contributed by atoms with Crippen LogP contribution in [-0.4, -0.2) is 13.0 Å². The number of carbonyl (C=O) groups excluding carboxylic acids is 1. The van der Waals surface area contributed by atoms with Crippen molar-refractivity contribution in [2.75, 3.05) is 23.4 Å². The van der Waals surface area contributed by atoms with E-state index in [1.165, 1.54) is 12.2 Å². The van der Waals surface area contributed by atoms with Gasteiger partial charge in [-0.2, -0.15) is 0 Å². The summed E-state index contributed by atoms with van der Waals surface area (Å²) in [5, 5.41) is 5.75. The maximum absolute atomic E-state index is 11.7. The molecule has 2 rings (SSSR count). The molecule has 0 aliphatic heterocycles. The molecule has 0 radical (unpaired) electrons. The molecule has 0 aliphatic rings. The third-order valence-electron chi connectivity index (χ3n) is 2.90. The lowest BCUT2D eigenvalue weighted by Crippen LogP contribution is -2.09. The number of amides is 1. The number of benzene rings is 2. The summed E-state index contributed by atoms with van der Waals surface area (Å²) in [4.78, 5) is 11.7. The zero-order valence-corrected chi connectivity index (χ0v) is 12.3. The molecule has 0 spiro atoms. The number of nitrogen functional groups attached to an aromatic ring is 1. The smallest absolute Gasteiger partial charge is 0.249 e. The normalized spacial score (nSPS) is 9.86. The van der Waals surface area contributed by atoms with Crippen LogP contribution in [0, 0.1) is 11.8 Å². The van der Waals surface area contributed by atoms with E-state index in [1.807, 2.05) is 43.4 Å². The Hall–Kier alpha value is -3.19. The molecular formula is C18H17N3O. The first kappa shape index (κ1) is 15.2. The second-order valence-electron chi connectivity index (χ2n) is 4.51. The minimum absolute atomic E-state index is 0.267. The first-order valence-corrected chi connectivity index (χ1v) is 6.80. The molecule has 0 unspecified atom stereocenters. The van der Waals surface area contributed by atoms with Crippen LogP contribution in [0.2, 0.25) is 0 Å². The quantitative estimate of drug-likeness (QED) is 0.463. The zero-order valence-electron chi connectivity index (χ0n) is 12.3. The van der Waals surface area contributed by atoms with Crippen LogP contribution in [0.3, 0.4) is 0 Å². The Bertz CT molecular complexity index is 754. The number of carbonyl (C=O) groups is 1. The summed E-state index contributed by atoms with van der Waals surface area (Å²) in [5.74, 6) is 5.53. The molecule has 2 aromatic carbocycles. The second kappa shape index (κ2) is 7.55. The molecule has 0 fully saturated rings. The van der Waals surface area contributed by atoms with Crippen LogP contribution in [0.15, 0.2) is 60.7 Å². The Morgan fingerprint density at radius 3 is 2.77 bits per heavy atom. The van der Waals surface area contributed by atoms with E-state index in [1.54, 1.807) is 12.1 Å². The minimum atomic E-state index is -0.267. The Morgan fingerprint density at radius 2 is 2.00 bits per heavy atom. The topological polar surface area (TPSA) is 67.2 Å². The Morgan fingerprint density at radius 1 is 1.18 bits per heavy atom. The number of anilines is 3. The van der Waals surface area contributed by atoms with Crippen molar-refractivity contribution in [2.24, 2.45) is 0 Å². The fraction of sp³-hybridized carbons (Fsp3) is 0.0556. The molecule has 0 saturated heterocycles. The monoisotopic (exact) mass is 291 g/mol. The van der Waals surface area contributed by atoms with Crippen molar-refractivity contribution in [1.82, 2.24) is 0 Å². The average molecular weight is 291 g/mol. The van der Waals surface area contributed by atoms with Crippen LogP contribution >= 0.6 is 0 Å². The van der Waals surface area contributed by atoms with Gasteiger partial charge in [-0.15, -0.1) is 0 Å². The highest BCUT2D eigenvalue weighted by Crippen LogP contribution is 2.16. The van der Waals surface area contributed by atoms with Crippen molar-refractivity contribution in [3.63, 3.8) is 0 Å². The van der Waals surface area contributed by atoms with E-state index in [0.717, 1.165) is 11.3 Å². The molecule has 4 heteroatoms. The van der Waals surface area contributed by atoms with E-state index in [0.29, 0.717) is 11.4 Å². The van der Waals surface area contributed by atoms with Crippen molar-refractivity contribution < 1.29 is 4.79 Å². The van der Waals surface area contributed by atoms with Gasteiger partial charge in [0.2, 0.25) is 5.91 Å². The summed E-state index contributed by atoms with van der Waals surface area (Å²) in [6, 6.07) is 14.8. The molecule has 0 saturated carbocycles. The van der Waals surface area contributed by atoms with Gasteiger partial charge in [0.05, 0.1) is 11.4 Å². The number of hydrogen-bond acceptors (Lipinski definition) is 3. The Kier molecular flexibility index (Phi) is 5.22. The number of allylic oxidation sites excluding steroid dienone is 1. The average Bonchev–Trinajstić information content (AvgIpc) is 2.54. The summed E-state index contributed by atoms with van der Waals surface area (Å²) < 4.78 is 0. The fourth-order valence-electron chi connectivity index (χ4n) is 1.78. The predicted octanol–water partition coefficient (Wildman–Crippen LogP) is 2.86. The zero-order chi connectivity index (χ0) is 15.8. The molecule has 4 nitrogen and oxygen atoms in total. The Labute approximate surface area is 130 Å². The summed E-state index contributed by atoms with van der Waals surface area (Å²) in [6.45, 7) is 0. The predicted molar refractivity (Wildman–Crippen MR) is 91.5 cm³/mol. The number of nitrogens with two attached hydrogens (primary N) is 1. The lowest BCUT2D eigenvalue weighted by molar-refractivity contribution is -0.111. The van der Waals surface area contributed by atoms with E-state index in [-0.39, 0.29) is 5.91 Å². The van der Waals surface area contributed by atoms with E-state index in [9.17, 15) is 4.79 Å². The first-order valence-electron chi connectivity index (χ1n) is 6.80. The van der Waals surface area contributed by atoms with Gasteiger partial charge in [0, 0.05) is 24.4 Å².